The van der Waals surface area contributed by atoms with Crippen LogP contribution in [0.25, 0.3) is 5.52 Å². The highest BCUT2D eigenvalue weighted by molar-refractivity contribution is 5.99. The van der Waals surface area contributed by atoms with E-state index in [1.807, 2.05) is 28.8 Å². The number of fused-ring (bicyclic) bond motifs is 1. The van der Waals surface area contributed by atoms with Gasteiger partial charge in [-0.25, -0.2) is 13.8 Å². The molecule has 5 nitrogen and oxygen atoms in total. The molecule has 0 aromatic carbocycles. The Hall–Kier alpha value is -2.02. The van der Waals surface area contributed by atoms with Crippen LogP contribution in [0.3, 0.4) is 0 Å². The van der Waals surface area contributed by atoms with Gasteiger partial charge in [-0.1, -0.05) is 6.07 Å². The third-order valence-corrected chi connectivity index (χ3v) is 4.66. The lowest BCUT2D eigenvalue weighted by Crippen LogP contribution is -2.49. The minimum Gasteiger partial charge on any atom is -0.377 e. The van der Waals surface area contributed by atoms with E-state index < -0.39 is 12.5 Å². The van der Waals surface area contributed by atoms with Gasteiger partial charge in [0.05, 0.1) is 24.8 Å². The van der Waals surface area contributed by atoms with Crippen LogP contribution in [-0.4, -0.2) is 52.4 Å². The van der Waals surface area contributed by atoms with Gasteiger partial charge in [0.15, 0.2) is 5.69 Å². The molecule has 2 fully saturated rings. The van der Waals surface area contributed by atoms with Crippen molar-refractivity contribution < 1.29 is 18.3 Å². The molecule has 2 aromatic rings. The van der Waals surface area contributed by atoms with E-state index in [9.17, 15) is 13.6 Å². The lowest BCUT2D eigenvalue weighted by atomic mass is 10.1. The van der Waals surface area contributed by atoms with Crippen LogP contribution < -0.4 is 0 Å². The number of imidazole rings is 1. The Bertz CT molecular complexity index is 757. The highest BCUT2D eigenvalue weighted by Crippen LogP contribution is 2.40. The van der Waals surface area contributed by atoms with Crippen molar-refractivity contribution in [2.24, 2.45) is 0 Å². The highest BCUT2D eigenvalue weighted by atomic mass is 19.3. The summed E-state index contributed by atoms with van der Waals surface area (Å²) in [5, 5.41) is 0. The van der Waals surface area contributed by atoms with Crippen LogP contribution in [0.4, 0.5) is 8.78 Å². The maximum atomic E-state index is 13.0. The molecular formula is C17H19F2N3O2. The Labute approximate surface area is 138 Å². The molecule has 1 aliphatic heterocycles. The van der Waals surface area contributed by atoms with E-state index in [4.69, 9.17) is 4.74 Å². The average Bonchev–Trinajstić information content (AvgIpc) is 3.35. The number of hydrogen-bond donors (Lipinski definition) is 0. The first kappa shape index (κ1) is 15.5. The summed E-state index contributed by atoms with van der Waals surface area (Å²) in [4.78, 5) is 19.1. The number of hydrogen-bond acceptors (Lipinski definition) is 3. The smallest absolute Gasteiger partial charge is 0.275 e. The first-order chi connectivity index (χ1) is 11.6. The van der Waals surface area contributed by atoms with E-state index in [-0.39, 0.29) is 18.9 Å². The van der Waals surface area contributed by atoms with Crippen molar-refractivity contribution in [1.29, 1.82) is 0 Å². The van der Waals surface area contributed by atoms with Crippen molar-refractivity contribution in [3.63, 3.8) is 0 Å². The molecule has 1 atom stereocenters. The molecule has 1 saturated heterocycles. The van der Waals surface area contributed by atoms with Crippen LogP contribution in [-0.2, 0) is 4.74 Å². The summed E-state index contributed by atoms with van der Waals surface area (Å²) < 4.78 is 32.9. The summed E-state index contributed by atoms with van der Waals surface area (Å²) in [7, 11) is 0. The molecule has 1 amide bonds. The number of ether oxygens (including phenoxy) is 1. The molecule has 24 heavy (non-hydrogen) atoms. The third-order valence-electron chi connectivity index (χ3n) is 4.66. The fourth-order valence-electron chi connectivity index (χ4n) is 3.31. The van der Waals surface area contributed by atoms with Gasteiger partial charge in [0.2, 0.25) is 6.43 Å². The number of rotatable bonds is 4. The van der Waals surface area contributed by atoms with Gasteiger partial charge in [-0.15, -0.1) is 0 Å². The monoisotopic (exact) mass is 335 g/mol. The Morgan fingerprint density at radius 2 is 2.21 bits per heavy atom. The Morgan fingerprint density at radius 1 is 1.38 bits per heavy atom. The zero-order valence-corrected chi connectivity index (χ0v) is 13.2. The lowest BCUT2D eigenvalue weighted by Gasteiger charge is -2.35. The number of halogens is 2. The second-order valence-electron chi connectivity index (χ2n) is 6.40. The standard InChI is InChI=1S/C17H19F2N3O2/c18-14(19)9-12-10-24-8-7-21(12)17(23)15-13-3-1-2-6-22(13)16(20-15)11-4-5-11/h1-3,6,11-12,14H,4-5,7-10H2. The van der Waals surface area contributed by atoms with E-state index in [0.29, 0.717) is 24.8 Å². The van der Waals surface area contributed by atoms with Gasteiger partial charge in [-0.2, -0.15) is 0 Å². The van der Waals surface area contributed by atoms with Gasteiger partial charge in [0, 0.05) is 25.1 Å². The summed E-state index contributed by atoms with van der Waals surface area (Å²) >= 11 is 0. The normalized spacial score (nSPS) is 21.6. The van der Waals surface area contributed by atoms with Gasteiger partial charge in [0.25, 0.3) is 5.91 Å². The van der Waals surface area contributed by atoms with Crippen molar-refractivity contribution in [2.75, 3.05) is 19.8 Å². The molecule has 0 spiro atoms. The topological polar surface area (TPSA) is 46.8 Å². The van der Waals surface area contributed by atoms with E-state index in [1.54, 1.807) is 0 Å². The summed E-state index contributed by atoms with van der Waals surface area (Å²) in [6.45, 7) is 0.838. The van der Waals surface area contributed by atoms with Gasteiger partial charge in [-0.05, 0) is 25.0 Å². The maximum Gasteiger partial charge on any atom is 0.275 e. The van der Waals surface area contributed by atoms with Gasteiger partial charge < -0.3 is 14.0 Å². The second kappa shape index (κ2) is 6.12. The molecule has 1 saturated carbocycles. The minimum absolute atomic E-state index is 0.150. The summed E-state index contributed by atoms with van der Waals surface area (Å²) in [5.74, 6) is 1.01. The molecule has 2 aliphatic rings. The van der Waals surface area contributed by atoms with Crippen molar-refractivity contribution in [3.05, 3.63) is 35.9 Å². The van der Waals surface area contributed by atoms with E-state index in [0.717, 1.165) is 24.2 Å². The van der Waals surface area contributed by atoms with Gasteiger partial charge >= 0.3 is 0 Å². The Kier molecular flexibility index (Phi) is 3.96. The third kappa shape index (κ3) is 2.77. The first-order valence-corrected chi connectivity index (χ1v) is 8.29. The molecule has 0 bridgehead atoms. The Balaban J connectivity index is 1.69. The summed E-state index contributed by atoms with van der Waals surface area (Å²) in [6, 6.07) is 5.02. The molecule has 2 aromatic heterocycles. The molecule has 7 heteroatoms. The van der Waals surface area contributed by atoms with E-state index >= 15 is 0 Å². The molecule has 0 N–H and O–H groups in total. The fraction of sp³-hybridized carbons (Fsp3) is 0.529. The molecular weight excluding hydrogens is 316 g/mol. The number of pyridine rings is 1. The van der Waals surface area contributed by atoms with Crippen LogP contribution in [0.2, 0.25) is 0 Å². The molecule has 3 heterocycles. The van der Waals surface area contributed by atoms with E-state index in [1.165, 1.54) is 4.90 Å². The number of carbonyl (C=O) groups is 1. The van der Waals surface area contributed by atoms with E-state index in [2.05, 4.69) is 4.98 Å². The largest absolute Gasteiger partial charge is 0.377 e. The molecule has 1 unspecified atom stereocenters. The van der Waals surface area contributed by atoms with Crippen LogP contribution in [0.1, 0.15) is 41.5 Å². The molecule has 1 aliphatic carbocycles. The number of amides is 1. The average molecular weight is 335 g/mol. The van der Waals surface area contributed by atoms with Crippen molar-refractivity contribution >= 4 is 11.4 Å². The van der Waals surface area contributed by atoms with Gasteiger partial charge in [-0.3, -0.25) is 4.79 Å². The lowest BCUT2D eigenvalue weighted by molar-refractivity contribution is -0.0217. The predicted molar refractivity (Wildman–Crippen MR) is 83.4 cm³/mol. The predicted octanol–water partition coefficient (Wildman–Crippen LogP) is 2.71. The maximum absolute atomic E-state index is 13.0. The van der Waals surface area contributed by atoms with Crippen LogP contribution >= 0.6 is 0 Å². The number of aromatic nitrogens is 2. The zero-order valence-electron chi connectivity index (χ0n) is 13.2. The van der Waals surface area contributed by atoms with Crippen LogP contribution in [0.5, 0.6) is 0 Å². The zero-order chi connectivity index (χ0) is 16.7. The van der Waals surface area contributed by atoms with Crippen LogP contribution in [0.15, 0.2) is 24.4 Å². The fourth-order valence-corrected chi connectivity index (χ4v) is 3.31. The number of carbonyl (C=O) groups excluding carboxylic acids is 1. The highest BCUT2D eigenvalue weighted by Gasteiger charge is 2.35. The van der Waals surface area contributed by atoms with Crippen molar-refractivity contribution in [3.8, 4) is 0 Å². The SMILES string of the molecule is O=C(c1nc(C2CC2)n2ccccc12)N1CCOCC1CC(F)F. The first-order valence-electron chi connectivity index (χ1n) is 8.29. The Morgan fingerprint density at radius 3 is 2.96 bits per heavy atom. The summed E-state index contributed by atoms with van der Waals surface area (Å²) in [6.07, 6.45) is 1.23. The number of nitrogens with zero attached hydrogens (tertiary/aromatic N) is 3. The second-order valence-corrected chi connectivity index (χ2v) is 6.40. The van der Waals surface area contributed by atoms with Crippen molar-refractivity contribution in [2.45, 2.75) is 37.6 Å². The molecule has 128 valence electrons. The summed E-state index contributed by atoms with van der Waals surface area (Å²) in [5.41, 5.74) is 1.10. The quantitative estimate of drug-likeness (QED) is 0.863. The van der Waals surface area contributed by atoms with Crippen LogP contribution in [0, 0.1) is 0 Å². The van der Waals surface area contributed by atoms with Gasteiger partial charge in [0.1, 0.15) is 5.82 Å². The minimum atomic E-state index is -2.47. The molecule has 4 rings (SSSR count). The number of alkyl halides is 2. The van der Waals surface area contributed by atoms with Crippen molar-refractivity contribution in [1.82, 2.24) is 14.3 Å². The molecule has 0 radical (unpaired) electrons. The number of morpholine rings is 1.